The molecular weight excluding hydrogens is 336 g/mol. The third kappa shape index (κ3) is 4.97. The smallest absolute Gasteiger partial charge is 0.222 e. The van der Waals surface area contributed by atoms with E-state index in [2.05, 4.69) is 5.32 Å². The van der Waals surface area contributed by atoms with Crippen LogP contribution in [0.2, 0.25) is 5.02 Å². The second kappa shape index (κ2) is 8.22. The number of halogens is 1. The first-order valence-electron chi connectivity index (χ1n) is 9.40. The van der Waals surface area contributed by atoms with Gasteiger partial charge in [0.05, 0.1) is 0 Å². The third-order valence-corrected chi connectivity index (χ3v) is 5.72. The lowest BCUT2D eigenvalue weighted by atomic mass is 9.85. The average molecular weight is 363 g/mol. The van der Waals surface area contributed by atoms with Crippen molar-refractivity contribution in [1.82, 2.24) is 10.2 Å². The number of benzene rings is 1. The number of hydrogen-bond donors (Lipinski definition) is 1. The molecule has 1 unspecified atom stereocenters. The number of likely N-dealkylation sites (tertiary alicyclic amines) is 1. The molecule has 136 valence electrons. The molecule has 2 fully saturated rings. The number of rotatable bonds is 5. The molecule has 1 aromatic rings. The Hall–Kier alpha value is -1.55. The molecule has 4 nitrogen and oxygen atoms in total. The Kier molecular flexibility index (Phi) is 6.00. The van der Waals surface area contributed by atoms with Gasteiger partial charge in [-0.15, -0.1) is 0 Å². The maximum absolute atomic E-state index is 12.6. The summed E-state index contributed by atoms with van der Waals surface area (Å²) < 4.78 is 0. The molecule has 0 radical (unpaired) electrons. The molecule has 3 rings (SSSR count). The van der Waals surface area contributed by atoms with Gasteiger partial charge in [0.2, 0.25) is 11.8 Å². The summed E-state index contributed by atoms with van der Waals surface area (Å²) in [5.41, 5.74) is 0.848. The molecule has 0 bridgehead atoms. The van der Waals surface area contributed by atoms with Crippen molar-refractivity contribution in [2.24, 2.45) is 0 Å². The molecule has 0 saturated carbocycles. The summed E-state index contributed by atoms with van der Waals surface area (Å²) in [4.78, 5) is 26.5. The largest absolute Gasteiger partial charge is 0.350 e. The Morgan fingerprint density at radius 2 is 1.80 bits per heavy atom. The molecular formula is C20H27ClN2O2. The van der Waals surface area contributed by atoms with Gasteiger partial charge in [0, 0.05) is 36.5 Å². The molecule has 1 aromatic carbocycles. The van der Waals surface area contributed by atoms with Crippen molar-refractivity contribution in [3.05, 3.63) is 34.9 Å². The number of carbonyl (C=O) groups is 2. The molecule has 0 spiro atoms. The quantitative estimate of drug-likeness (QED) is 0.867. The van der Waals surface area contributed by atoms with Gasteiger partial charge in [-0.25, -0.2) is 0 Å². The maximum Gasteiger partial charge on any atom is 0.222 e. The van der Waals surface area contributed by atoms with Gasteiger partial charge in [-0.3, -0.25) is 9.59 Å². The number of nitrogens with zero attached hydrogens (tertiary/aromatic N) is 1. The number of amides is 2. The Labute approximate surface area is 154 Å². The van der Waals surface area contributed by atoms with Crippen molar-refractivity contribution < 1.29 is 9.59 Å². The molecule has 2 aliphatic rings. The van der Waals surface area contributed by atoms with Crippen LogP contribution in [-0.4, -0.2) is 35.3 Å². The highest BCUT2D eigenvalue weighted by Crippen LogP contribution is 2.30. The molecule has 2 heterocycles. The van der Waals surface area contributed by atoms with Gasteiger partial charge in [-0.1, -0.05) is 36.6 Å². The van der Waals surface area contributed by atoms with E-state index in [9.17, 15) is 9.59 Å². The van der Waals surface area contributed by atoms with Gasteiger partial charge in [0.1, 0.15) is 0 Å². The molecule has 0 aromatic heterocycles. The van der Waals surface area contributed by atoms with Crippen molar-refractivity contribution in [1.29, 1.82) is 0 Å². The Bertz CT molecular complexity index is 609. The Morgan fingerprint density at radius 1 is 1.12 bits per heavy atom. The van der Waals surface area contributed by atoms with Crippen LogP contribution in [0.1, 0.15) is 56.9 Å². The van der Waals surface area contributed by atoms with Crippen LogP contribution < -0.4 is 5.32 Å². The first-order valence-corrected chi connectivity index (χ1v) is 9.77. The standard InChI is InChI=1S/C20H27ClN2O2/c21-17-7-5-16(6-8-17)15-20(11-9-18(24)22-20)12-10-19(25)23-13-3-1-2-4-14-23/h5-8H,1-4,9-15H2,(H,22,24). The van der Waals surface area contributed by atoms with Crippen LogP contribution in [0, 0.1) is 0 Å². The molecule has 2 amide bonds. The number of carbonyl (C=O) groups excluding carboxylic acids is 2. The zero-order valence-corrected chi connectivity index (χ0v) is 15.5. The number of nitrogens with one attached hydrogen (secondary N) is 1. The normalized spacial score (nSPS) is 24.0. The highest BCUT2D eigenvalue weighted by atomic mass is 35.5. The molecule has 2 aliphatic heterocycles. The van der Waals surface area contributed by atoms with Crippen LogP contribution in [-0.2, 0) is 16.0 Å². The predicted molar refractivity (Wildman–Crippen MR) is 99.5 cm³/mol. The van der Waals surface area contributed by atoms with Crippen molar-refractivity contribution >= 4 is 23.4 Å². The van der Waals surface area contributed by atoms with Crippen molar-refractivity contribution in [3.8, 4) is 0 Å². The monoisotopic (exact) mass is 362 g/mol. The highest BCUT2D eigenvalue weighted by molar-refractivity contribution is 6.30. The van der Waals surface area contributed by atoms with Gasteiger partial charge in [0.25, 0.3) is 0 Å². The van der Waals surface area contributed by atoms with E-state index in [1.165, 1.54) is 12.8 Å². The SMILES string of the molecule is O=C1CCC(CCC(=O)N2CCCCCC2)(Cc2ccc(Cl)cc2)N1. The molecule has 0 aliphatic carbocycles. The van der Waals surface area contributed by atoms with E-state index in [0.29, 0.717) is 24.3 Å². The second-order valence-electron chi connectivity index (χ2n) is 7.43. The summed E-state index contributed by atoms with van der Waals surface area (Å²) in [7, 11) is 0. The average Bonchev–Trinajstić information content (AvgIpc) is 2.81. The van der Waals surface area contributed by atoms with Gasteiger partial charge >= 0.3 is 0 Å². The van der Waals surface area contributed by atoms with Gasteiger partial charge < -0.3 is 10.2 Å². The Morgan fingerprint density at radius 3 is 2.40 bits per heavy atom. The van der Waals surface area contributed by atoms with Crippen LogP contribution in [0.25, 0.3) is 0 Å². The van der Waals surface area contributed by atoms with E-state index in [0.717, 1.165) is 44.3 Å². The lowest BCUT2D eigenvalue weighted by Crippen LogP contribution is -2.45. The number of hydrogen-bond acceptors (Lipinski definition) is 2. The van der Waals surface area contributed by atoms with Crippen LogP contribution in [0.15, 0.2) is 24.3 Å². The van der Waals surface area contributed by atoms with E-state index < -0.39 is 0 Å². The van der Waals surface area contributed by atoms with Crippen LogP contribution in [0.4, 0.5) is 0 Å². The fourth-order valence-corrected chi connectivity index (χ4v) is 4.13. The van der Waals surface area contributed by atoms with Crippen molar-refractivity contribution in [3.63, 3.8) is 0 Å². The van der Waals surface area contributed by atoms with Crippen molar-refractivity contribution in [2.45, 2.75) is 63.3 Å². The summed E-state index contributed by atoms with van der Waals surface area (Å²) in [5.74, 6) is 0.328. The summed E-state index contributed by atoms with van der Waals surface area (Å²) in [6.45, 7) is 1.77. The van der Waals surface area contributed by atoms with Crippen LogP contribution >= 0.6 is 11.6 Å². The lowest BCUT2D eigenvalue weighted by molar-refractivity contribution is -0.131. The first-order chi connectivity index (χ1) is 12.1. The summed E-state index contributed by atoms with van der Waals surface area (Å²) in [6, 6.07) is 7.77. The summed E-state index contributed by atoms with van der Waals surface area (Å²) in [6.07, 6.45) is 7.97. The van der Waals surface area contributed by atoms with Gasteiger partial charge in [0.15, 0.2) is 0 Å². The van der Waals surface area contributed by atoms with Gasteiger partial charge in [-0.2, -0.15) is 0 Å². The molecule has 2 saturated heterocycles. The summed E-state index contributed by atoms with van der Waals surface area (Å²) in [5, 5.41) is 3.87. The first kappa shape index (κ1) is 18.2. The van der Waals surface area contributed by atoms with E-state index in [1.807, 2.05) is 29.2 Å². The fourth-order valence-electron chi connectivity index (χ4n) is 4.00. The molecule has 1 atom stereocenters. The van der Waals surface area contributed by atoms with Crippen molar-refractivity contribution in [2.75, 3.05) is 13.1 Å². The molecule has 25 heavy (non-hydrogen) atoms. The van der Waals surface area contributed by atoms with E-state index in [4.69, 9.17) is 11.6 Å². The van der Waals surface area contributed by atoms with Gasteiger partial charge in [-0.05, 0) is 49.8 Å². The van der Waals surface area contributed by atoms with Crippen LogP contribution in [0.3, 0.4) is 0 Å². The topological polar surface area (TPSA) is 49.4 Å². The highest BCUT2D eigenvalue weighted by Gasteiger charge is 2.38. The van der Waals surface area contributed by atoms with Crippen LogP contribution in [0.5, 0.6) is 0 Å². The zero-order chi connectivity index (χ0) is 17.7. The second-order valence-corrected chi connectivity index (χ2v) is 7.86. The third-order valence-electron chi connectivity index (χ3n) is 5.47. The maximum atomic E-state index is 12.6. The Balaban J connectivity index is 1.63. The van der Waals surface area contributed by atoms with E-state index in [-0.39, 0.29) is 17.4 Å². The van der Waals surface area contributed by atoms with E-state index in [1.54, 1.807) is 0 Å². The minimum atomic E-state index is -0.299. The zero-order valence-electron chi connectivity index (χ0n) is 14.7. The minimum absolute atomic E-state index is 0.0937. The lowest BCUT2D eigenvalue weighted by Gasteiger charge is -2.30. The molecule has 5 heteroatoms. The predicted octanol–water partition coefficient (Wildman–Crippen LogP) is 3.71. The molecule has 1 N–H and O–H groups in total. The van der Waals surface area contributed by atoms with E-state index >= 15 is 0 Å². The fraction of sp³-hybridized carbons (Fsp3) is 0.600. The summed E-state index contributed by atoms with van der Waals surface area (Å²) >= 11 is 5.97. The minimum Gasteiger partial charge on any atom is -0.350 e.